The van der Waals surface area contributed by atoms with Gasteiger partial charge in [-0.3, -0.25) is 4.79 Å². The standard InChI is InChI=1S/C20H19N3O4S3/c1-12-21-15-9-10-16-19(18(15)28-12)29-20(22-16)23-17(24)4-3-11-30(25,26)14-7-5-13(27-2)6-8-14/h5-10H,3-4,11H2,1-2H3,(H,22,23,24). The Morgan fingerprint density at radius 3 is 2.40 bits per heavy atom. The molecule has 30 heavy (non-hydrogen) atoms. The lowest BCUT2D eigenvalue weighted by Crippen LogP contribution is -2.14. The number of thiazole rings is 2. The molecule has 10 heteroatoms. The van der Waals surface area contributed by atoms with Gasteiger partial charge >= 0.3 is 0 Å². The van der Waals surface area contributed by atoms with Gasteiger partial charge in [0.15, 0.2) is 15.0 Å². The lowest BCUT2D eigenvalue weighted by Gasteiger charge is -2.06. The van der Waals surface area contributed by atoms with E-state index in [4.69, 9.17) is 4.74 Å². The first kappa shape index (κ1) is 20.7. The first-order valence-electron chi connectivity index (χ1n) is 9.19. The Morgan fingerprint density at radius 2 is 1.70 bits per heavy atom. The second-order valence-corrected chi connectivity index (χ2v) is 11.0. The van der Waals surface area contributed by atoms with Gasteiger partial charge in [0.05, 0.1) is 43.2 Å². The zero-order valence-corrected chi connectivity index (χ0v) is 18.8. The minimum absolute atomic E-state index is 0.0976. The maximum absolute atomic E-state index is 12.4. The number of fused-ring (bicyclic) bond motifs is 3. The van der Waals surface area contributed by atoms with Gasteiger partial charge in [0.25, 0.3) is 0 Å². The Morgan fingerprint density at radius 1 is 1.03 bits per heavy atom. The summed E-state index contributed by atoms with van der Waals surface area (Å²) in [6, 6.07) is 10.1. The van der Waals surface area contributed by atoms with E-state index in [1.54, 1.807) is 23.5 Å². The Kier molecular flexibility index (Phi) is 5.72. The van der Waals surface area contributed by atoms with Crippen molar-refractivity contribution in [2.75, 3.05) is 18.2 Å². The zero-order chi connectivity index (χ0) is 21.3. The third-order valence-corrected chi connectivity index (χ3v) is 8.45. The smallest absolute Gasteiger partial charge is 0.226 e. The van der Waals surface area contributed by atoms with Crippen LogP contribution in [0.3, 0.4) is 0 Å². The predicted molar refractivity (Wildman–Crippen MR) is 120 cm³/mol. The normalized spacial score (nSPS) is 11.8. The number of anilines is 1. The number of amides is 1. The van der Waals surface area contributed by atoms with Crippen molar-refractivity contribution in [3.8, 4) is 5.75 Å². The number of nitrogens with one attached hydrogen (secondary N) is 1. The van der Waals surface area contributed by atoms with Crippen molar-refractivity contribution in [3.05, 3.63) is 41.4 Å². The van der Waals surface area contributed by atoms with E-state index in [-0.39, 0.29) is 29.4 Å². The van der Waals surface area contributed by atoms with Gasteiger partial charge in [0, 0.05) is 6.42 Å². The molecule has 0 aliphatic carbocycles. The molecule has 4 rings (SSSR count). The molecular formula is C20H19N3O4S3. The monoisotopic (exact) mass is 461 g/mol. The molecule has 0 atom stereocenters. The van der Waals surface area contributed by atoms with E-state index in [1.165, 1.54) is 30.6 Å². The molecule has 7 nitrogen and oxygen atoms in total. The number of hydrogen-bond acceptors (Lipinski definition) is 8. The second kappa shape index (κ2) is 8.29. The average molecular weight is 462 g/mol. The minimum Gasteiger partial charge on any atom is -0.497 e. The molecule has 0 spiro atoms. The SMILES string of the molecule is COc1ccc(S(=O)(=O)CCCC(=O)Nc2nc3ccc4nc(C)sc4c3s2)cc1. The lowest BCUT2D eigenvalue weighted by atomic mass is 10.3. The lowest BCUT2D eigenvalue weighted by molar-refractivity contribution is -0.116. The van der Waals surface area contributed by atoms with Gasteiger partial charge in [-0.15, -0.1) is 11.3 Å². The van der Waals surface area contributed by atoms with Crippen LogP contribution >= 0.6 is 22.7 Å². The number of ether oxygens (including phenoxy) is 1. The van der Waals surface area contributed by atoms with Gasteiger partial charge in [-0.25, -0.2) is 18.4 Å². The zero-order valence-electron chi connectivity index (χ0n) is 16.3. The van der Waals surface area contributed by atoms with Crippen molar-refractivity contribution in [1.82, 2.24) is 9.97 Å². The summed E-state index contributed by atoms with van der Waals surface area (Å²) in [5, 5.41) is 4.27. The first-order valence-corrected chi connectivity index (χ1v) is 12.5. The highest BCUT2D eigenvalue weighted by Gasteiger charge is 2.16. The van der Waals surface area contributed by atoms with Crippen molar-refractivity contribution in [2.24, 2.45) is 0 Å². The van der Waals surface area contributed by atoms with E-state index in [2.05, 4.69) is 15.3 Å². The summed E-state index contributed by atoms with van der Waals surface area (Å²) in [6.45, 7) is 1.96. The molecule has 2 aromatic heterocycles. The number of hydrogen-bond donors (Lipinski definition) is 1. The Hall–Kier alpha value is -2.56. The molecule has 0 aliphatic heterocycles. The number of rotatable bonds is 7. The summed E-state index contributed by atoms with van der Waals surface area (Å²) in [5.74, 6) is 0.235. The maximum atomic E-state index is 12.4. The molecule has 0 saturated carbocycles. The Balaban J connectivity index is 1.38. The first-order chi connectivity index (χ1) is 14.4. The van der Waals surface area contributed by atoms with Gasteiger partial charge in [0.2, 0.25) is 5.91 Å². The molecule has 0 aliphatic rings. The molecule has 156 valence electrons. The van der Waals surface area contributed by atoms with E-state index in [1.807, 2.05) is 19.1 Å². The fourth-order valence-electron chi connectivity index (χ4n) is 3.04. The van der Waals surface area contributed by atoms with E-state index in [0.29, 0.717) is 10.9 Å². The summed E-state index contributed by atoms with van der Waals surface area (Å²) in [7, 11) is -1.93. The van der Waals surface area contributed by atoms with E-state index < -0.39 is 9.84 Å². The minimum atomic E-state index is -3.45. The van der Waals surface area contributed by atoms with E-state index in [0.717, 1.165) is 25.4 Å². The van der Waals surface area contributed by atoms with Crippen LogP contribution in [0, 0.1) is 6.92 Å². The van der Waals surface area contributed by atoms with Crippen LogP contribution in [0.4, 0.5) is 5.13 Å². The fraction of sp³-hybridized carbons (Fsp3) is 0.250. The quantitative estimate of drug-likeness (QED) is 0.438. The topological polar surface area (TPSA) is 98.2 Å². The van der Waals surface area contributed by atoms with E-state index >= 15 is 0 Å². The van der Waals surface area contributed by atoms with Gasteiger partial charge in [-0.2, -0.15) is 0 Å². The summed E-state index contributed by atoms with van der Waals surface area (Å²) >= 11 is 3.01. The maximum Gasteiger partial charge on any atom is 0.226 e. The third kappa shape index (κ3) is 4.30. The van der Waals surface area contributed by atoms with Crippen LogP contribution in [0.5, 0.6) is 5.75 Å². The number of aryl methyl sites for hydroxylation is 1. The van der Waals surface area contributed by atoms with Gasteiger partial charge < -0.3 is 10.1 Å². The molecule has 0 radical (unpaired) electrons. The molecular weight excluding hydrogens is 442 g/mol. The molecule has 0 fully saturated rings. The molecule has 0 bridgehead atoms. The number of carbonyl (C=O) groups is 1. The average Bonchev–Trinajstić information content (AvgIpc) is 3.29. The molecule has 2 aromatic carbocycles. The molecule has 1 amide bonds. The molecule has 2 heterocycles. The summed E-state index contributed by atoms with van der Waals surface area (Å²) < 4.78 is 32.0. The number of methoxy groups -OCH3 is 1. The fourth-order valence-corrected chi connectivity index (χ4v) is 6.38. The van der Waals surface area contributed by atoms with Crippen molar-refractivity contribution < 1.29 is 17.9 Å². The van der Waals surface area contributed by atoms with Crippen LogP contribution in [0.1, 0.15) is 17.8 Å². The van der Waals surface area contributed by atoms with Gasteiger partial charge in [-0.05, 0) is 49.7 Å². The highest BCUT2D eigenvalue weighted by Crippen LogP contribution is 2.35. The predicted octanol–water partition coefficient (Wildman–Crippen LogP) is 4.42. The number of benzene rings is 2. The van der Waals surface area contributed by atoms with Crippen molar-refractivity contribution in [2.45, 2.75) is 24.7 Å². The molecule has 0 saturated heterocycles. The van der Waals surface area contributed by atoms with Crippen LogP contribution in [-0.4, -0.2) is 37.2 Å². The van der Waals surface area contributed by atoms with Crippen LogP contribution in [0.15, 0.2) is 41.3 Å². The van der Waals surface area contributed by atoms with E-state index in [9.17, 15) is 13.2 Å². The molecule has 1 N–H and O–H groups in total. The summed E-state index contributed by atoms with van der Waals surface area (Å²) in [4.78, 5) is 21.5. The largest absolute Gasteiger partial charge is 0.497 e. The number of nitrogens with zero attached hydrogens (tertiary/aromatic N) is 2. The van der Waals surface area contributed by atoms with Crippen LogP contribution in [0.25, 0.3) is 20.4 Å². The van der Waals surface area contributed by atoms with Gasteiger partial charge in [-0.1, -0.05) is 11.3 Å². The summed E-state index contributed by atoms with van der Waals surface area (Å²) in [6.07, 6.45) is 0.323. The number of carbonyl (C=O) groups excluding carboxylic acids is 1. The highest BCUT2D eigenvalue weighted by atomic mass is 32.2. The van der Waals surface area contributed by atoms with Crippen LogP contribution in [-0.2, 0) is 14.6 Å². The molecule has 0 unspecified atom stereocenters. The van der Waals surface area contributed by atoms with Crippen molar-refractivity contribution in [1.29, 1.82) is 0 Å². The Bertz CT molecular complexity index is 1320. The number of sulfone groups is 1. The number of aromatic nitrogens is 2. The molecule has 4 aromatic rings. The third-order valence-electron chi connectivity index (χ3n) is 4.50. The van der Waals surface area contributed by atoms with Gasteiger partial charge in [0.1, 0.15) is 5.75 Å². The van der Waals surface area contributed by atoms with Crippen LogP contribution < -0.4 is 10.1 Å². The second-order valence-electron chi connectivity index (χ2n) is 6.66. The summed E-state index contributed by atoms with van der Waals surface area (Å²) in [5.41, 5.74) is 1.74. The van der Waals surface area contributed by atoms with Crippen molar-refractivity contribution in [3.63, 3.8) is 0 Å². The van der Waals surface area contributed by atoms with Crippen molar-refractivity contribution >= 4 is 64.0 Å². The Labute approximate surface area is 181 Å². The van der Waals surface area contributed by atoms with Crippen LogP contribution in [0.2, 0.25) is 0 Å². The highest BCUT2D eigenvalue weighted by molar-refractivity contribution is 7.91.